The van der Waals surface area contributed by atoms with Crippen molar-refractivity contribution in [3.8, 4) is 0 Å². The minimum absolute atomic E-state index is 0.0279. The third-order valence-corrected chi connectivity index (χ3v) is 5.01. The zero-order chi connectivity index (χ0) is 18.8. The predicted molar refractivity (Wildman–Crippen MR) is 101 cm³/mol. The van der Waals surface area contributed by atoms with E-state index < -0.39 is 5.56 Å². The number of nitrogens with zero attached hydrogens (tertiary/aromatic N) is 3. The van der Waals surface area contributed by atoms with Crippen LogP contribution >= 0.6 is 0 Å². The average molecular weight is 365 g/mol. The van der Waals surface area contributed by atoms with E-state index in [1.54, 1.807) is 41.4 Å². The van der Waals surface area contributed by atoms with Gasteiger partial charge in [-0.2, -0.15) is 0 Å². The largest absolute Gasteiger partial charge is 0.338 e. The lowest BCUT2D eigenvalue weighted by Gasteiger charge is -2.26. The summed E-state index contributed by atoms with van der Waals surface area (Å²) in [5.74, 6) is -0.644. The molecular formula is C21H20FN3O2. The van der Waals surface area contributed by atoms with Crippen LogP contribution in [0.2, 0.25) is 0 Å². The van der Waals surface area contributed by atoms with Gasteiger partial charge in [0.15, 0.2) is 0 Å². The van der Waals surface area contributed by atoms with Gasteiger partial charge < -0.3 is 4.90 Å². The first-order valence-electron chi connectivity index (χ1n) is 9.16. The summed E-state index contributed by atoms with van der Waals surface area (Å²) in [4.78, 5) is 32.1. The molecule has 0 atom stereocenters. The van der Waals surface area contributed by atoms with E-state index >= 15 is 0 Å². The van der Waals surface area contributed by atoms with Crippen LogP contribution in [0.1, 0.15) is 35.2 Å². The number of rotatable bonds is 3. The average Bonchev–Trinajstić information content (AvgIpc) is 2.71. The van der Waals surface area contributed by atoms with Crippen molar-refractivity contribution in [2.24, 2.45) is 0 Å². The molecule has 1 fully saturated rings. The monoisotopic (exact) mass is 365 g/mol. The summed E-state index contributed by atoms with van der Waals surface area (Å²) in [7, 11) is 0. The van der Waals surface area contributed by atoms with Gasteiger partial charge >= 0.3 is 0 Å². The molecule has 0 aliphatic carbocycles. The summed E-state index contributed by atoms with van der Waals surface area (Å²) in [5.41, 5.74) is 0.517. The van der Waals surface area contributed by atoms with Gasteiger partial charge in [-0.25, -0.2) is 9.37 Å². The fourth-order valence-corrected chi connectivity index (χ4v) is 3.57. The Morgan fingerprint density at radius 1 is 1.07 bits per heavy atom. The summed E-state index contributed by atoms with van der Waals surface area (Å²) in [5, 5.41) is 0.689. The number of halogens is 1. The normalized spacial score (nSPS) is 14.5. The molecule has 1 aliphatic heterocycles. The zero-order valence-corrected chi connectivity index (χ0v) is 14.9. The first kappa shape index (κ1) is 17.4. The number of hydrogen-bond donors (Lipinski definition) is 0. The van der Waals surface area contributed by atoms with Crippen molar-refractivity contribution in [2.45, 2.75) is 25.8 Å². The first-order chi connectivity index (χ1) is 13.1. The minimum Gasteiger partial charge on any atom is -0.338 e. The molecule has 5 nitrogen and oxygen atoms in total. The van der Waals surface area contributed by atoms with E-state index in [4.69, 9.17) is 0 Å². The molecule has 1 saturated heterocycles. The molecule has 0 radical (unpaired) electrons. The lowest BCUT2D eigenvalue weighted by atomic mass is 10.1. The molecule has 2 aromatic heterocycles. The van der Waals surface area contributed by atoms with Gasteiger partial charge in [0.05, 0.1) is 6.54 Å². The van der Waals surface area contributed by atoms with E-state index in [-0.39, 0.29) is 23.8 Å². The van der Waals surface area contributed by atoms with Crippen LogP contribution in [0, 0.1) is 5.82 Å². The molecule has 27 heavy (non-hydrogen) atoms. The summed E-state index contributed by atoms with van der Waals surface area (Å²) in [6.07, 6.45) is 4.59. The molecule has 1 aromatic carbocycles. The first-order valence-corrected chi connectivity index (χ1v) is 9.16. The van der Waals surface area contributed by atoms with Crippen LogP contribution < -0.4 is 5.56 Å². The summed E-state index contributed by atoms with van der Waals surface area (Å²) in [6, 6.07) is 11.5. The summed E-state index contributed by atoms with van der Waals surface area (Å²) in [6.45, 7) is 1.35. The van der Waals surface area contributed by atoms with Crippen LogP contribution in [0.3, 0.4) is 0 Å². The number of amides is 1. The maximum absolute atomic E-state index is 14.1. The number of piperidine rings is 1. The molecule has 0 bridgehead atoms. The summed E-state index contributed by atoms with van der Waals surface area (Å²) < 4.78 is 15.5. The van der Waals surface area contributed by atoms with Crippen LogP contribution in [0.15, 0.2) is 53.5 Å². The number of carbonyl (C=O) groups excluding carboxylic acids is 1. The number of carbonyl (C=O) groups is 1. The van der Waals surface area contributed by atoms with Gasteiger partial charge in [-0.3, -0.25) is 14.2 Å². The molecule has 3 heterocycles. The molecule has 0 saturated carbocycles. The Bertz CT molecular complexity index is 1050. The van der Waals surface area contributed by atoms with Crippen molar-refractivity contribution in [1.82, 2.24) is 14.5 Å². The molecule has 6 heteroatoms. The van der Waals surface area contributed by atoms with E-state index in [1.165, 1.54) is 10.6 Å². The van der Waals surface area contributed by atoms with Crippen molar-refractivity contribution in [2.75, 3.05) is 13.1 Å². The molecule has 0 N–H and O–H groups in total. The fourth-order valence-electron chi connectivity index (χ4n) is 3.57. The Morgan fingerprint density at radius 2 is 1.85 bits per heavy atom. The molecule has 138 valence electrons. The maximum Gasteiger partial charge on any atom is 0.265 e. The highest BCUT2D eigenvalue weighted by Crippen LogP contribution is 2.17. The smallest absolute Gasteiger partial charge is 0.265 e. The van der Waals surface area contributed by atoms with E-state index in [1.807, 2.05) is 6.07 Å². The number of likely N-dealkylation sites (tertiary alicyclic amines) is 1. The highest BCUT2D eigenvalue weighted by atomic mass is 19.1. The standard InChI is InChI=1S/C21H20FN3O2/c22-18-9-3-2-7-16(18)14-25-19-15(8-6-10-23-19)13-17(21(25)27)20(26)24-11-4-1-5-12-24/h2-3,6-10,13H,1,4-5,11-12,14H2. The van der Waals surface area contributed by atoms with Gasteiger partial charge in [0.25, 0.3) is 11.5 Å². The number of fused-ring (bicyclic) bond motifs is 1. The van der Waals surface area contributed by atoms with Gasteiger partial charge in [-0.1, -0.05) is 18.2 Å². The van der Waals surface area contributed by atoms with Gasteiger partial charge in [0.2, 0.25) is 0 Å². The molecule has 1 amide bonds. The summed E-state index contributed by atoms with van der Waals surface area (Å²) >= 11 is 0. The molecular weight excluding hydrogens is 345 g/mol. The van der Waals surface area contributed by atoms with Gasteiger partial charge in [0.1, 0.15) is 17.0 Å². The van der Waals surface area contributed by atoms with Crippen molar-refractivity contribution < 1.29 is 9.18 Å². The predicted octanol–water partition coefficient (Wildman–Crippen LogP) is 3.21. The van der Waals surface area contributed by atoms with Gasteiger partial charge in [-0.05, 0) is 43.5 Å². The Kier molecular flexibility index (Phi) is 4.71. The second-order valence-electron chi connectivity index (χ2n) is 6.81. The van der Waals surface area contributed by atoms with Crippen LogP contribution in [0.4, 0.5) is 4.39 Å². The molecule has 3 aromatic rings. The minimum atomic E-state index is -0.431. The Hall–Kier alpha value is -3.02. The molecule has 0 unspecified atom stereocenters. The highest BCUT2D eigenvalue weighted by molar-refractivity contribution is 5.97. The number of hydrogen-bond acceptors (Lipinski definition) is 3. The third kappa shape index (κ3) is 3.35. The number of aromatic nitrogens is 2. The Balaban J connectivity index is 1.84. The third-order valence-electron chi connectivity index (χ3n) is 5.01. The van der Waals surface area contributed by atoms with Crippen LogP contribution in [-0.4, -0.2) is 33.4 Å². The van der Waals surface area contributed by atoms with Crippen LogP contribution in [-0.2, 0) is 6.54 Å². The fraction of sp³-hybridized carbons (Fsp3) is 0.286. The SMILES string of the molecule is O=C(c1cc2cccnc2n(Cc2ccccc2F)c1=O)N1CCCCC1. The van der Waals surface area contributed by atoms with E-state index in [9.17, 15) is 14.0 Å². The van der Waals surface area contributed by atoms with Crippen LogP contribution in [0.25, 0.3) is 11.0 Å². The van der Waals surface area contributed by atoms with Crippen molar-refractivity contribution in [3.05, 3.63) is 76.0 Å². The quantitative estimate of drug-likeness (QED) is 0.716. The van der Waals surface area contributed by atoms with Crippen molar-refractivity contribution >= 4 is 16.9 Å². The van der Waals surface area contributed by atoms with Gasteiger partial charge in [0, 0.05) is 30.2 Å². The van der Waals surface area contributed by atoms with Crippen molar-refractivity contribution in [3.63, 3.8) is 0 Å². The number of benzene rings is 1. The molecule has 0 spiro atoms. The van der Waals surface area contributed by atoms with E-state index in [0.29, 0.717) is 29.7 Å². The van der Waals surface area contributed by atoms with Crippen LogP contribution in [0.5, 0.6) is 0 Å². The zero-order valence-electron chi connectivity index (χ0n) is 14.9. The van der Waals surface area contributed by atoms with Crippen molar-refractivity contribution in [1.29, 1.82) is 0 Å². The lowest BCUT2D eigenvalue weighted by molar-refractivity contribution is 0.0722. The Labute approximate surface area is 156 Å². The second kappa shape index (κ2) is 7.31. The lowest BCUT2D eigenvalue weighted by Crippen LogP contribution is -2.39. The second-order valence-corrected chi connectivity index (χ2v) is 6.81. The highest BCUT2D eigenvalue weighted by Gasteiger charge is 2.23. The van der Waals surface area contributed by atoms with Gasteiger partial charge in [-0.15, -0.1) is 0 Å². The molecule has 4 rings (SSSR count). The molecule has 1 aliphatic rings. The Morgan fingerprint density at radius 3 is 2.63 bits per heavy atom. The van der Waals surface area contributed by atoms with E-state index in [0.717, 1.165) is 19.3 Å². The van der Waals surface area contributed by atoms with E-state index in [2.05, 4.69) is 4.98 Å². The number of pyridine rings is 2. The topological polar surface area (TPSA) is 55.2 Å². The maximum atomic E-state index is 14.1.